The molecule has 2 aliphatic heterocycles. The van der Waals surface area contributed by atoms with Crippen molar-refractivity contribution in [2.75, 3.05) is 52.5 Å². The molecule has 2 fully saturated rings. The number of morpholine rings is 2. The van der Waals surface area contributed by atoms with Crippen LogP contribution in [-0.2, 0) is 14.2 Å². The Morgan fingerprint density at radius 3 is 1.39 bits per heavy atom. The molecular formula is C26H26F10N2O3. The first-order chi connectivity index (χ1) is 19.2. The van der Waals surface area contributed by atoms with E-state index in [0.717, 1.165) is 24.3 Å². The maximum atomic E-state index is 13.9. The summed E-state index contributed by atoms with van der Waals surface area (Å²) in [6.07, 6.45) is -17.9. The van der Waals surface area contributed by atoms with Gasteiger partial charge in [0.15, 0.2) is 35.5 Å². The van der Waals surface area contributed by atoms with E-state index in [0.29, 0.717) is 0 Å². The molecule has 0 amide bonds. The molecule has 0 N–H and O–H groups in total. The quantitative estimate of drug-likeness (QED) is 0.369. The van der Waals surface area contributed by atoms with Gasteiger partial charge in [-0.15, -0.1) is 0 Å². The maximum absolute atomic E-state index is 13.9. The van der Waals surface area contributed by atoms with E-state index in [1.54, 1.807) is 0 Å². The molecule has 15 heteroatoms. The Morgan fingerprint density at radius 2 is 1.05 bits per heavy atom. The predicted molar refractivity (Wildman–Crippen MR) is 124 cm³/mol. The molecule has 0 spiro atoms. The highest BCUT2D eigenvalue weighted by Gasteiger charge is 2.50. The molecule has 5 nitrogen and oxygen atoms in total. The van der Waals surface area contributed by atoms with Crippen molar-refractivity contribution in [2.24, 2.45) is 0 Å². The number of ether oxygens (including phenoxy) is 3. The molecule has 4 atom stereocenters. The van der Waals surface area contributed by atoms with E-state index in [1.165, 1.54) is 21.9 Å². The van der Waals surface area contributed by atoms with Gasteiger partial charge in [-0.25, -0.2) is 17.6 Å². The molecule has 2 heterocycles. The fourth-order valence-electron chi connectivity index (χ4n) is 4.68. The van der Waals surface area contributed by atoms with Gasteiger partial charge in [-0.2, -0.15) is 26.3 Å². The van der Waals surface area contributed by atoms with Crippen LogP contribution in [0.25, 0.3) is 0 Å². The van der Waals surface area contributed by atoms with Gasteiger partial charge in [-0.05, 0) is 35.4 Å². The van der Waals surface area contributed by atoms with Gasteiger partial charge in [-0.1, -0.05) is 12.1 Å². The first-order valence-corrected chi connectivity index (χ1v) is 12.6. The van der Waals surface area contributed by atoms with Gasteiger partial charge in [0.2, 0.25) is 0 Å². The van der Waals surface area contributed by atoms with Crippen LogP contribution in [0.5, 0.6) is 0 Å². The van der Waals surface area contributed by atoms with Crippen molar-refractivity contribution in [3.05, 3.63) is 70.8 Å². The smallest absolute Gasteiger partial charge is 0.371 e. The van der Waals surface area contributed by atoms with Crippen LogP contribution < -0.4 is 0 Å². The topological polar surface area (TPSA) is 34.2 Å². The van der Waals surface area contributed by atoms with Gasteiger partial charge in [-0.3, -0.25) is 9.80 Å². The van der Waals surface area contributed by atoms with Crippen LogP contribution in [0.2, 0.25) is 0 Å². The molecule has 2 aliphatic rings. The molecule has 2 saturated heterocycles. The molecule has 0 unspecified atom stereocenters. The highest BCUT2D eigenvalue weighted by molar-refractivity contribution is 5.22. The fraction of sp³-hybridized carbons (Fsp3) is 0.538. The third-order valence-corrected chi connectivity index (χ3v) is 6.84. The number of alkyl halides is 6. The molecule has 2 aromatic carbocycles. The molecule has 4 rings (SSSR count). The van der Waals surface area contributed by atoms with E-state index in [1.807, 2.05) is 0 Å². The highest BCUT2D eigenvalue weighted by Crippen LogP contribution is 2.33. The summed E-state index contributed by atoms with van der Waals surface area (Å²) in [6.45, 7) is -2.70. The number of nitrogens with zero attached hydrogens (tertiary/aromatic N) is 2. The van der Waals surface area contributed by atoms with Gasteiger partial charge in [0.05, 0.1) is 25.4 Å². The number of hydrogen-bond acceptors (Lipinski definition) is 5. The molecular weight excluding hydrogens is 578 g/mol. The van der Waals surface area contributed by atoms with Crippen molar-refractivity contribution in [3.8, 4) is 0 Å². The summed E-state index contributed by atoms with van der Waals surface area (Å²) >= 11 is 0. The van der Waals surface area contributed by atoms with E-state index in [9.17, 15) is 43.9 Å². The Morgan fingerprint density at radius 1 is 0.659 bits per heavy atom. The molecule has 0 aliphatic carbocycles. The van der Waals surface area contributed by atoms with Crippen LogP contribution in [0, 0.1) is 23.3 Å². The molecule has 0 radical (unpaired) electrons. The van der Waals surface area contributed by atoms with Crippen LogP contribution >= 0.6 is 0 Å². The number of halogens is 10. The Balaban J connectivity index is 1.44. The average molecular weight is 604 g/mol. The van der Waals surface area contributed by atoms with Gasteiger partial charge in [0, 0.05) is 39.3 Å². The number of benzene rings is 2. The first kappa shape index (κ1) is 31.5. The van der Waals surface area contributed by atoms with Crippen LogP contribution in [0.3, 0.4) is 0 Å². The first-order valence-electron chi connectivity index (χ1n) is 12.6. The minimum Gasteiger partial charge on any atom is -0.371 e. The summed E-state index contributed by atoms with van der Waals surface area (Å²) in [5, 5.41) is 0. The van der Waals surface area contributed by atoms with Crippen molar-refractivity contribution < 1.29 is 58.1 Å². The zero-order valence-corrected chi connectivity index (χ0v) is 21.3. The lowest BCUT2D eigenvalue weighted by atomic mass is 10.1. The van der Waals surface area contributed by atoms with Gasteiger partial charge in [0.25, 0.3) is 0 Å². The largest absolute Gasteiger partial charge is 0.415 e. The van der Waals surface area contributed by atoms with Crippen molar-refractivity contribution in [1.82, 2.24) is 9.80 Å². The Labute approximate surface area is 228 Å². The molecule has 2 aromatic rings. The Bertz CT molecular complexity index is 1090. The minimum atomic E-state index is -5.17. The number of hydrogen-bond donors (Lipinski definition) is 0. The lowest BCUT2D eigenvalue weighted by Gasteiger charge is -2.38. The van der Waals surface area contributed by atoms with E-state index in [2.05, 4.69) is 0 Å². The highest BCUT2D eigenvalue weighted by atomic mass is 19.4. The molecule has 0 saturated carbocycles. The third-order valence-electron chi connectivity index (χ3n) is 6.84. The van der Waals surface area contributed by atoms with Crippen LogP contribution in [0.4, 0.5) is 43.9 Å². The van der Waals surface area contributed by atoms with Crippen LogP contribution in [0.15, 0.2) is 36.4 Å². The molecule has 41 heavy (non-hydrogen) atoms. The zero-order valence-electron chi connectivity index (χ0n) is 21.3. The third kappa shape index (κ3) is 8.31. The second-order valence-corrected chi connectivity index (χ2v) is 9.78. The fourth-order valence-corrected chi connectivity index (χ4v) is 4.68. The summed E-state index contributed by atoms with van der Waals surface area (Å²) in [5.74, 6) is -4.60. The van der Waals surface area contributed by atoms with Gasteiger partial charge < -0.3 is 14.2 Å². The van der Waals surface area contributed by atoms with Gasteiger partial charge >= 0.3 is 12.4 Å². The summed E-state index contributed by atoms with van der Waals surface area (Å²) in [6, 6.07) is 5.78. The summed E-state index contributed by atoms with van der Waals surface area (Å²) in [7, 11) is 0. The molecule has 228 valence electrons. The summed E-state index contributed by atoms with van der Waals surface area (Å²) in [4.78, 5) is 2.38. The van der Waals surface area contributed by atoms with Crippen LogP contribution in [0.1, 0.15) is 23.3 Å². The lowest BCUT2D eigenvalue weighted by molar-refractivity contribution is -0.292. The Kier molecular flexibility index (Phi) is 9.84. The number of rotatable bonds is 8. The van der Waals surface area contributed by atoms with Crippen molar-refractivity contribution >= 4 is 0 Å². The van der Waals surface area contributed by atoms with Crippen molar-refractivity contribution in [3.63, 3.8) is 0 Å². The van der Waals surface area contributed by atoms with E-state index in [-0.39, 0.29) is 50.5 Å². The average Bonchev–Trinajstić information content (AvgIpc) is 2.90. The summed E-state index contributed by atoms with van der Waals surface area (Å²) < 4.78 is 153. The lowest BCUT2D eigenvalue weighted by Crippen LogP contribution is -2.53. The van der Waals surface area contributed by atoms with Gasteiger partial charge in [0.1, 0.15) is 0 Å². The second kappa shape index (κ2) is 12.8. The minimum absolute atomic E-state index is 0.0633. The molecule has 0 bridgehead atoms. The zero-order chi connectivity index (χ0) is 29.9. The van der Waals surface area contributed by atoms with Crippen molar-refractivity contribution in [1.29, 1.82) is 0 Å². The normalized spacial score (nSPS) is 23.0. The van der Waals surface area contributed by atoms with E-state index < -0.39 is 73.1 Å². The van der Waals surface area contributed by atoms with E-state index in [4.69, 9.17) is 14.2 Å². The predicted octanol–water partition coefficient (Wildman–Crippen LogP) is 5.57. The molecule has 0 aromatic heterocycles. The maximum Gasteiger partial charge on any atom is 0.415 e. The Hall–Kier alpha value is -2.46. The second-order valence-electron chi connectivity index (χ2n) is 9.78. The summed E-state index contributed by atoms with van der Waals surface area (Å²) in [5.41, 5.74) is 0.323. The van der Waals surface area contributed by atoms with Crippen molar-refractivity contribution in [2.45, 2.75) is 36.8 Å². The monoisotopic (exact) mass is 604 g/mol. The SMILES string of the molecule is Fc1ccc([C@H]2CN(C[C@H](O[C@@H](CN3CCO[C@@H](c4ccc(F)c(F)c4)C3)C(F)(F)F)C(F)(F)F)CCO2)cc1F. The standard InChI is InChI=1S/C26H26F10N2O3/c27-17-3-1-15(9-19(17)29)21-11-37(5-7-39-21)13-23(25(31,32)33)41-24(26(34,35)36)14-38-6-8-40-22(12-38)16-2-4-18(28)20(30)10-16/h1-4,9-10,21-24H,5-8,11-14H2/t21-,22-,23+,24+/m1/s1. The van der Waals surface area contributed by atoms with Crippen LogP contribution in [-0.4, -0.2) is 86.8 Å². The van der Waals surface area contributed by atoms with E-state index >= 15 is 0 Å².